The summed E-state index contributed by atoms with van der Waals surface area (Å²) in [5, 5.41) is 0. The zero-order valence-corrected chi connectivity index (χ0v) is 12.4. The monoisotopic (exact) mass is 244 g/mol. The Morgan fingerprint density at radius 3 is 0.706 bits per heavy atom. The van der Waals surface area contributed by atoms with Crippen LogP contribution in [-0.2, 0) is 0 Å². The van der Waals surface area contributed by atoms with Crippen LogP contribution in [0.15, 0.2) is 0 Å². The Bertz CT molecular complexity index is 98.1. The summed E-state index contributed by atoms with van der Waals surface area (Å²) in [4.78, 5) is 0. The average molecular weight is 244 g/mol. The van der Waals surface area contributed by atoms with Gasteiger partial charge in [-0.3, -0.25) is 0 Å². The molecule has 0 aromatic rings. The number of unbranched alkanes of at least 4 members (excludes halogenated alkanes) is 13. The molecule has 106 valence electrons. The highest BCUT2D eigenvalue weighted by Gasteiger charge is 1.92. The van der Waals surface area contributed by atoms with Crippen LogP contribution in [0.4, 0.5) is 0 Å². The lowest BCUT2D eigenvalue weighted by molar-refractivity contribution is 0.538. The molecule has 0 atom stereocenters. The lowest BCUT2D eigenvalue weighted by Gasteiger charge is -2.02. The lowest BCUT2D eigenvalue weighted by Crippen LogP contribution is -1.82. The van der Waals surface area contributed by atoms with E-state index in [0.29, 0.717) is 0 Å². The van der Waals surface area contributed by atoms with E-state index in [2.05, 4.69) is 13.8 Å². The van der Waals surface area contributed by atoms with E-state index in [0.717, 1.165) is 0 Å². The molecule has 0 radical (unpaired) electrons. The zero-order chi connectivity index (χ0) is 11.9. The molecule has 0 aliphatic carbocycles. The van der Waals surface area contributed by atoms with Gasteiger partial charge in [0, 0.05) is 0 Å². The molecule has 0 aromatic carbocycles. The molecular formula is C16H36O. The number of hydrogen-bond acceptors (Lipinski definition) is 0. The minimum absolute atomic E-state index is 0. The molecule has 1 nitrogen and oxygen atoms in total. The average Bonchev–Trinajstić information content (AvgIpc) is 2.31. The summed E-state index contributed by atoms with van der Waals surface area (Å²) >= 11 is 0. The Hall–Kier alpha value is -0.0400. The van der Waals surface area contributed by atoms with Crippen LogP contribution in [0, 0.1) is 0 Å². The van der Waals surface area contributed by atoms with Crippen LogP contribution in [0.1, 0.15) is 104 Å². The molecule has 0 unspecified atom stereocenters. The summed E-state index contributed by atoms with van der Waals surface area (Å²) in [6.45, 7) is 4.58. The summed E-state index contributed by atoms with van der Waals surface area (Å²) < 4.78 is 0. The van der Waals surface area contributed by atoms with Gasteiger partial charge in [0.2, 0.25) is 0 Å². The van der Waals surface area contributed by atoms with Crippen molar-refractivity contribution < 1.29 is 5.48 Å². The first-order valence-corrected chi connectivity index (χ1v) is 7.91. The molecule has 0 spiro atoms. The fourth-order valence-corrected chi connectivity index (χ4v) is 2.27. The van der Waals surface area contributed by atoms with E-state index in [1.165, 1.54) is 89.9 Å². The largest absolute Gasteiger partial charge is 0.412 e. The Labute approximate surface area is 110 Å². The highest BCUT2D eigenvalue weighted by atomic mass is 16.0. The fourth-order valence-electron chi connectivity index (χ4n) is 2.27. The van der Waals surface area contributed by atoms with Crippen molar-refractivity contribution in [3.63, 3.8) is 0 Å². The third kappa shape index (κ3) is 18.5. The Morgan fingerprint density at radius 1 is 0.353 bits per heavy atom. The van der Waals surface area contributed by atoms with Crippen molar-refractivity contribution in [1.82, 2.24) is 0 Å². The van der Waals surface area contributed by atoms with Gasteiger partial charge in [0.25, 0.3) is 0 Å². The van der Waals surface area contributed by atoms with Crippen LogP contribution >= 0.6 is 0 Å². The predicted octanol–water partition coefficient (Wildman–Crippen LogP) is 5.66. The maximum atomic E-state index is 2.29. The van der Waals surface area contributed by atoms with E-state index in [9.17, 15) is 0 Å². The van der Waals surface area contributed by atoms with E-state index >= 15 is 0 Å². The van der Waals surface area contributed by atoms with Crippen LogP contribution in [0.3, 0.4) is 0 Å². The van der Waals surface area contributed by atoms with E-state index in [1.807, 2.05) is 0 Å². The van der Waals surface area contributed by atoms with Gasteiger partial charge in [0.05, 0.1) is 0 Å². The van der Waals surface area contributed by atoms with Crippen molar-refractivity contribution in [2.24, 2.45) is 0 Å². The first kappa shape index (κ1) is 19.3. The molecule has 1 heteroatoms. The molecule has 2 N–H and O–H groups in total. The summed E-state index contributed by atoms with van der Waals surface area (Å²) in [6, 6.07) is 0. The third-order valence-corrected chi connectivity index (χ3v) is 3.46. The molecule has 0 heterocycles. The van der Waals surface area contributed by atoms with E-state index in [1.54, 1.807) is 0 Å². The molecule has 0 aliphatic rings. The topological polar surface area (TPSA) is 31.5 Å². The Balaban J connectivity index is 0. The maximum absolute atomic E-state index is 2.29. The molecule has 0 saturated heterocycles. The van der Waals surface area contributed by atoms with Crippen molar-refractivity contribution in [3.05, 3.63) is 0 Å². The first-order valence-electron chi connectivity index (χ1n) is 7.91. The van der Waals surface area contributed by atoms with Crippen LogP contribution in [0.25, 0.3) is 0 Å². The molecule has 0 bridgehead atoms. The van der Waals surface area contributed by atoms with E-state index in [4.69, 9.17) is 0 Å². The van der Waals surface area contributed by atoms with Gasteiger partial charge >= 0.3 is 0 Å². The van der Waals surface area contributed by atoms with E-state index < -0.39 is 0 Å². The van der Waals surface area contributed by atoms with Crippen molar-refractivity contribution >= 4 is 0 Å². The zero-order valence-electron chi connectivity index (χ0n) is 12.4. The lowest BCUT2D eigenvalue weighted by atomic mass is 10.0. The van der Waals surface area contributed by atoms with Crippen LogP contribution < -0.4 is 0 Å². The summed E-state index contributed by atoms with van der Waals surface area (Å²) in [6.07, 6.45) is 20.4. The van der Waals surface area contributed by atoms with Crippen molar-refractivity contribution in [2.75, 3.05) is 0 Å². The standard InChI is InChI=1S/C16H34.H2O/c1-3-5-7-9-11-13-15-16-14-12-10-8-6-4-2;/h3-16H2,1-2H3;1H2. The van der Waals surface area contributed by atoms with Crippen LogP contribution in [0.5, 0.6) is 0 Å². The smallest absolute Gasteiger partial charge is 0.0533 e. The Morgan fingerprint density at radius 2 is 0.529 bits per heavy atom. The molecule has 0 aromatic heterocycles. The first-order chi connectivity index (χ1) is 7.91. The second kappa shape index (κ2) is 18.3. The Kier molecular flexibility index (Phi) is 20.8. The SMILES string of the molecule is CCCCCCCCCCCCCCCC.O. The minimum Gasteiger partial charge on any atom is -0.412 e. The van der Waals surface area contributed by atoms with Gasteiger partial charge in [-0.05, 0) is 0 Å². The number of hydrogen-bond donors (Lipinski definition) is 0. The molecule has 17 heavy (non-hydrogen) atoms. The quantitative estimate of drug-likeness (QED) is 0.374. The third-order valence-electron chi connectivity index (χ3n) is 3.46. The van der Waals surface area contributed by atoms with E-state index in [-0.39, 0.29) is 5.48 Å². The summed E-state index contributed by atoms with van der Waals surface area (Å²) in [5.41, 5.74) is 0. The fraction of sp³-hybridized carbons (Fsp3) is 1.00. The molecule has 0 fully saturated rings. The van der Waals surface area contributed by atoms with Crippen LogP contribution in [0.2, 0.25) is 0 Å². The molecular weight excluding hydrogens is 208 g/mol. The minimum atomic E-state index is 0. The van der Waals surface area contributed by atoms with Gasteiger partial charge in [-0.25, -0.2) is 0 Å². The molecule has 0 amide bonds. The highest BCUT2D eigenvalue weighted by molar-refractivity contribution is 4.48. The van der Waals surface area contributed by atoms with Gasteiger partial charge < -0.3 is 5.48 Å². The normalized spacial score (nSPS) is 10.2. The summed E-state index contributed by atoms with van der Waals surface area (Å²) in [7, 11) is 0. The predicted molar refractivity (Wildman–Crippen MR) is 79.6 cm³/mol. The van der Waals surface area contributed by atoms with Gasteiger partial charge in [-0.1, -0.05) is 104 Å². The van der Waals surface area contributed by atoms with Gasteiger partial charge in [0.1, 0.15) is 0 Å². The van der Waals surface area contributed by atoms with Crippen LogP contribution in [-0.4, -0.2) is 5.48 Å². The second-order valence-electron chi connectivity index (χ2n) is 5.24. The van der Waals surface area contributed by atoms with Crippen molar-refractivity contribution in [3.8, 4) is 0 Å². The van der Waals surface area contributed by atoms with Crippen molar-refractivity contribution in [2.45, 2.75) is 104 Å². The number of rotatable bonds is 13. The molecule has 0 rings (SSSR count). The van der Waals surface area contributed by atoms with Gasteiger partial charge in [-0.15, -0.1) is 0 Å². The van der Waals surface area contributed by atoms with Crippen molar-refractivity contribution in [1.29, 1.82) is 0 Å². The second-order valence-corrected chi connectivity index (χ2v) is 5.24. The molecule has 0 aliphatic heterocycles. The summed E-state index contributed by atoms with van der Waals surface area (Å²) in [5.74, 6) is 0. The highest BCUT2D eigenvalue weighted by Crippen LogP contribution is 2.12. The van der Waals surface area contributed by atoms with Gasteiger partial charge in [0.15, 0.2) is 0 Å². The molecule has 0 saturated carbocycles. The van der Waals surface area contributed by atoms with Gasteiger partial charge in [-0.2, -0.15) is 0 Å². The maximum Gasteiger partial charge on any atom is -0.0533 e.